The molecule has 6 N–H and O–H groups in total. The van der Waals surface area contributed by atoms with Gasteiger partial charge in [0.1, 0.15) is 6.04 Å². The lowest BCUT2D eigenvalue weighted by Gasteiger charge is -2.62. The Balaban J connectivity index is 1.40. The Morgan fingerprint density at radius 3 is 2.33 bits per heavy atom. The van der Waals surface area contributed by atoms with Crippen LogP contribution in [0.3, 0.4) is 0 Å². The summed E-state index contributed by atoms with van der Waals surface area (Å²) in [6.45, 7) is 7.03. The Morgan fingerprint density at radius 2 is 1.67 bits per heavy atom. The second-order valence-corrected chi connectivity index (χ2v) is 13.1. The zero-order chi connectivity index (χ0) is 26.4. The van der Waals surface area contributed by atoms with Crippen LogP contribution in [0.2, 0.25) is 0 Å². The average Bonchev–Trinajstić information content (AvgIpc) is 3.15. The first-order valence-corrected chi connectivity index (χ1v) is 14.0. The van der Waals surface area contributed by atoms with Crippen molar-refractivity contribution < 1.29 is 29.7 Å². The van der Waals surface area contributed by atoms with Gasteiger partial charge in [0.2, 0.25) is 11.8 Å². The minimum Gasteiger partial charge on any atom is -0.480 e. The summed E-state index contributed by atoms with van der Waals surface area (Å²) in [7, 11) is 0. The summed E-state index contributed by atoms with van der Waals surface area (Å²) >= 11 is 0. The molecule has 8 nitrogen and oxygen atoms in total. The van der Waals surface area contributed by atoms with Crippen LogP contribution in [0.5, 0.6) is 0 Å². The van der Waals surface area contributed by atoms with E-state index in [1.54, 1.807) is 0 Å². The number of carboxylic acid groups (broad SMARTS) is 1. The van der Waals surface area contributed by atoms with E-state index in [1.165, 1.54) is 0 Å². The lowest BCUT2D eigenvalue weighted by molar-refractivity contribution is -0.174. The number of hydrogen-bond acceptors (Lipinski definition) is 5. The van der Waals surface area contributed by atoms with Crippen molar-refractivity contribution in [2.24, 2.45) is 52.1 Å². The van der Waals surface area contributed by atoms with Crippen molar-refractivity contribution in [3.63, 3.8) is 0 Å². The Hall–Kier alpha value is -1.67. The van der Waals surface area contributed by atoms with Gasteiger partial charge >= 0.3 is 5.97 Å². The molecule has 0 bridgehead atoms. The Labute approximate surface area is 214 Å². The van der Waals surface area contributed by atoms with Gasteiger partial charge in [-0.05, 0) is 104 Å². The van der Waals surface area contributed by atoms with Crippen molar-refractivity contribution in [2.45, 2.75) is 110 Å². The van der Waals surface area contributed by atoms with Crippen LogP contribution in [0.15, 0.2) is 0 Å². The number of aliphatic carboxylic acids is 1. The number of hydrogen-bond donors (Lipinski definition) is 5. The van der Waals surface area contributed by atoms with Crippen molar-refractivity contribution in [1.29, 1.82) is 0 Å². The number of aliphatic hydroxyl groups is 2. The van der Waals surface area contributed by atoms with Gasteiger partial charge in [-0.3, -0.25) is 9.59 Å². The second-order valence-electron chi connectivity index (χ2n) is 13.1. The van der Waals surface area contributed by atoms with Gasteiger partial charge in [-0.15, -0.1) is 0 Å². The number of primary amides is 1. The molecule has 204 valence electrons. The molecule has 4 fully saturated rings. The molecule has 0 saturated heterocycles. The molecule has 11 atom stereocenters. The normalized spacial score (nSPS) is 43.4. The van der Waals surface area contributed by atoms with Crippen molar-refractivity contribution in [2.75, 3.05) is 0 Å². The summed E-state index contributed by atoms with van der Waals surface area (Å²) in [5, 5.41) is 33.4. The molecule has 4 aliphatic rings. The molecule has 0 radical (unpaired) electrons. The fourth-order valence-corrected chi connectivity index (χ4v) is 9.40. The van der Waals surface area contributed by atoms with E-state index in [0.717, 1.165) is 51.4 Å². The molecule has 0 heterocycles. The summed E-state index contributed by atoms with van der Waals surface area (Å²) in [5.41, 5.74) is 5.45. The topological polar surface area (TPSA) is 150 Å². The maximum absolute atomic E-state index is 12.5. The third kappa shape index (κ3) is 4.92. The number of nitrogens with one attached hydrogen (secondary N) is 1. The van der Waals surface area contributed by atoms with Crippen LogP contribution in [0, 0.1) is 46.3 Å². The van der Waals surface area contributed by atoms with Gasteiger partial charge in [0, 0.05) is 6.42 Å². The number of rotatable bonds is 8. The zero-order valence-corrected chi connectivity index (χ0v) is 22.1. The van der Waals surface area contributed by atoms with E-state index in [-0.39, 0.29) is 35.4 Å². The molecule has 0 spiro atoms. The van der Waals surface area contributed by atoms with Gasteiger partial charge in [0.15, 0.2) is 0 Å². The summed E-state index contributed by atoms with van der Waals surface area (Å²) in [4.78, 5) is 34.9. The average molecular weight is 507 g/mol. The van der Waals surface area contributed by atoms with E-state index in [1.807, 2.05) is 0 Å². The molecule has 0 unspecified atom stereocenters. The number of nitrogens with two attached hydrogens (primary N) is 1. The molecule has 4 aliphatic carbocycles. The number of carbonyl (C=O) groups excluding carboxylic acids is 2. The number of carbonyl (C=O) groups is 3. The maximum atomic E-state index is 12.5. The quantitative estimate of drug-likeness (QED) is 0.342. The SMILES string of the molecule is C[C@H](CCC(=O)N[C@@H](CC(N)=O)C(=O)O)[C@H]1CC[C@H]2[C@@H]3[C@H](O)C[C@@H]4C[C@H](O)CC[C@]4(C)[C@H]3CC[C@]12C. The fourth-order valence-electron chi connectivity index (χ4n) is 9.40. The van der Waals surface area contributed by atoms with Crippen LogP contribution in [0.25, 0.3) is 0 Å². The molecule has 4 saturated carbocycles. The summed E-state index contributed by atoms with van der Waals surface area (Å²) in [6.07, 6.45) is 7.95. The summed E-state index contributed by atoms with van der Waals surface area (Å²) in [6, 6.07) is -1.28. The molecule has 0 aromatic carbocycles. The lowest BCUT2D eigenvalue weighted by atomic mass is 9.43. The number of fused-ring (bicyclic) bond motifs is 5. The van der Waals surface area contributed by atoms with Crippen molar-refractivity contribution in [3.8, 4) is 0 Å². The first-order valence-electron chi connectivity index (χ1n) is 14.0. The van der Waals surface area contributed by atoms with Crippen LogP contribution in [-0.4, -0.2) is 51.4 Å². The summed E-state index contributed by atoms with van der Waals surface area (Å²) < 4.78 is 0. The highest BCUT2D eigenvalue weighted by Gasteiger charge is 2.62. The smallest absolute Gasteiger partial charge is 0.326 e. The molecule has 36 heavy (non-hydrogen) atoms. The molecule has 4 rings (SSSR count). The Morgan fingerprint density at radius 1 is 1.00 bits per heavy atom. The second kappa shape index (κ2) is 10.2. The fraction of sp³-hybridized carbons (Fsp3) is 0.893. The highest BCUT2D eigenvalue weighted by atomic mass is 16.4. The first kappa shape index (κ1) is 27.4. The van der Waals surface area contributed by atoms with E-state index < -0.39 is 24.3 Å². The van der Waals surface area contributed by atoms with Gasteiger partial charge in [-0.1, -0.05) is 20.8 Å². The van der Waals surface area contributed by atoms with Crippen molar-refractivity contribution in [1.82, 2.24) is 5.32 Å². The molecule has 2 amide bonds. The van der Waals surface area contributed by atoms with Crippen molar-refractivity contribution >= 4 is 17.8 Å². The van der Waals surface area contributed by atoms with E-state index in [9.17, 15) is 29.7 Å². The maximum Gasteiger partial charge on any atom is 0.326 e. The third-order valence-electron chi connectivity index (χ3n) is 11.3. The molecular weight excluding hydrogens is 460 g/mol. The van der Waals surface area contributed by atoms with E-state index in [0.29, 0.717) is 41.9 Å². The lowest BCUT2D eigenvalue weighted by Crippen LogP contribution is -2.58. The largest absolute Gasteiger partial charge is 0.480 e. The standard InChI is InChI=1S/C28H46N2O6/c1-15(4-7-24(34)30-21(26(35)36)14-23(29)33)18-5-6-19-25-20(9-11-28(18,19)3)27(2)10-8-17(31)12-16(27)13-22(25)32/h15-22,25,31-32H,4-14H2,1-3H3,(H2,29,33)(H,30,34)(H,35,36)/t15-,16+,17-,18-,19+,20+,21+,22-,25+,27+,28-/m1/s1. The third-order valence-corrected chi connectivity index (χ3v) is 11.3. The predicted molar refractivity (Wildman–Crippen MR) is 134 cm³/mol. The Kier molecular flexibility index (Phi) is 7.78. The predicted octanol–water partition coefficient (Wildman–Crippen LogP) is 2.84. The molecule has 8 heteroatoms. The van der Waals surface area contributed by atoms with Crippen LogP contribution < -0.4 is 11.1 Å². The Bertz CT molecular complexity index is 865. The number of amides is 2. The van der Waals surface area contributed by atoms with Crippen LogP contribution in [0.1, 0.15) is 91.4 Å². The number of aliphatic hydroxyl groups excluding tert-OH is 2. The highest BCUT2D eigenvalue weighted by Crippen LogP contribution is 2.68. The van der Waals surface area contributed by atoms with Gasteiger partial charge in [-0.25, -0.2) is 4.79 Å². The van der Waals surface area contributed by atoms with Crippen LogP contribution in [0.4, 0.5) is 0 Å². The van der Waals surface area contributed by atoms with Crippen LogP contribution >= 0.6 is 0 Å². The van der Waals surface area contributed by atoms with Gasteiger partial charge < -0.3 is 26.4 Å². The van der Waals surface area contributed by atoms with Gasteiger partial charge in [0.05, 0.1) is 18.6 Å². The monoisotopic (exact) mass is 506 g/mol. The van der Waals surface area contributed by atoms with Crippen molar-refractivity contribution in [3.05, 3.63) is 0 Å². The van der Waals surface area contributed by atoms with E-state index in [2.05, 4.69) is 26.1 Å². The molecule has 0 aromatic rings. The minimum absolute atomic E-state index is 0.130. The van der Waals surface area contributed by atoms with E-state index in [4.69, 9.17) is 5.73 Å². The molecule has 0 aliphatic heterocycles. The summed E-state index contributed by atoms with van der Waals surface area (Å²) in [5.74, 6) is 0.0860. The molecule has 0 aromatic heterocycles. The van der Waals surface area contributed by atoms with Crippen LogP contribution in [-0.2, 0) is 14.4 Å². The van der Waals surface area contributed by atoms with Gasteiger partial charge in [0.25, 0.3) is 0 Å². The van der Waals surface area contributed by atoms with E-state index >= 15 is 0 Å². The highest BCUT2D eigenvalue weighted by molar-refractivity contribution is 5.88. The minimum atomic E-state index is -1.28. The molecular formula is C28H46N2O6. The first-order chi connectivity index (χ1) is 16.9. The zero-order valence-electron chi connectivity index (χ0n) is 22.1. The van der Waals surface area contributed by atoms with Gasteiger partial charge in [-0.2, -0.15) is 0 Å². The number of carboxylic acids is 1.